The largest absolute Gasteiger partial charge is 0.716 e. The Balaban J connectivity index is 3.60. The predicted molar refractivity (Wildman–Crippen MR) is 27.5 cm³/mol. The molecule has 0 saturated carbocycles. The lowest BCUT2D eigenvalue weighted by Crippen LogP contribution is -2.01. The zero-order valence-corrected chi connectivity index (χ0v) is 6.70. The average Bonchev–Trinajstić information content (AvgIpc) is 1.30. The highest BCUT2D eigenvalue weighted by atomic mass is 35.5. The molecule has 0 fully saturated rings. The Labute approximate surface area is 56.1 Å². The first-order valence-corrected chi connectivity index (χ1v) is 6.00. The fourth-order valence-corrected chi connectivity index (χ4v) is 2.18. The Morgan fingerprint density at radius 1 is 1.71 bits per heavy atom. The minimum atomic E-state index is -3.24. The lowest BCUT2D eigenvalue weighted by Gasteiger charge is -1.90. The van der Waals surface area contributed by atoms with E-state index in [-0.39, 0.29) is 0 Å². The van der Waals surface area contributed by atoms with Gasteiger partial charge in [0.15, 0.2) is 0 Å². The van der Waals surface area contributed by atoms with Crippen LogP contribution < -0.4 is 0 Å². The molecule has 0 atom stereocenters. The summed E-state index contributed by atoms with van der Waals surface area (Å²) in [5.74, 6) is 0. The van der Waals surface area contributed by atoms with Crippen LogP contribution >= 0.6 is 9.07 Å². The first-order valence-electron chi connectivity index (χ1n) is 1.46. The summed E-state index contributed by atoms with van der Waals surface area (Å²) in [5.41, 5.74) is 0. The van der Waals surface area contributed by atoms with Gasteiger partial charge < -0.3 is 2.62 Å². The normalized spacial score (nSPS) is 10.6. The fraction of sp³-hybridized carbons (Fsp3) is 1.00. The minimum Gasteiger partial charge on any atom is -0.437 e. The van der Waals surface area contributed by atoms with Gasteiger partial charge in [-0.25, -0.2) is 8.42 Å². The van der Waals surface area contributed by atoms with Crippen LogP contribution in [0.5, 0.6) is 0 Å². The van der Waals surface area contributed by atoms with Crippen LogP contribution in [0.4, 0.5) is 0 Å². The molecule has 0 heterocycles. The molecule has 0 unspecified atom stereocenters. The van der Waals surface area contributed by atoms with Crippen molar-refractivity contribution in [2.24, 2.45) is 0 Å². The molecule has 0 rings (SSSR count). The van der Waals surface area contributed by atoms with Crippen LogP contribution in [0.15, 0.2) is 0 Å². The lowest BCUT2D eigenvalue weighted by atomic mass is 12.0. The van der Waals surface area contributed by atoms with Crippen LogP contribution in [0.25, 0.3) is 0 Å². The Kier molecular flexibility index (Phi) is 3.51. The van der Waals surface area contributed by atoms with Crippen molar-refractivity contribution in [3.8, 4) is 0 Å². The van der Waals surface area contributed by atoms with Gasteiger partial charge in [0.05, 0.1) is 6.26 Å². The summed E-state index contributed by atoms with van der Waals surface area (Å²) in [5, 5.41) is 0. The quantitative estimate of drug-likeness (QED) is 0.515. The van der Waals surface area contributed by atoms with E-state index < -0.39 is 29.8 Å². The van der Waals surface area contributed by atoms with E-state index in [1.807, 2.05) is 0 Å². The van der Waals surface area contributed by atoms with Crippen molar-refractivity contribution in [3.05, 3.63) is 0 Å². The van der Waals surface area contributed by atoms with Crippen molar-refractivity contribution in [2.45, 2.75) is 0 Å². The molecular formula is CH3ClMgO3S. The van der Waals surface area contributed by atoms with Gasteiger partial charge in [-0.3, -0.25) is 9.07 Å². The number of hydrogen-bond acceptors (Lipinski definition) is 3. The minimum absolute atomic E-state index is 0.975. The summed E-state index contributed by atoms with van der Waals surface area (Å²) < 4.78 is 24.0. The van der Waals surface area contributed by atoms with E-state index in [1.54, 1.807) is 0 Å². The summed E-state index contributed by atoms with van der Waals surface area (Å²) in [6.45, 7) is 0. The van der Waals surface area contributed by atoms with Gasteiger partial charge in [0.25, 0.3) is 0 Å². The third kappa shape index (κ3) is 6.97. The summed E-state index contributed by atoms with van der Waals surface area (Å²) in [7, 11) is 1.78. The molecule has 0 aliphatic rings. The fourth-order valence-electron chi connectivity index (χ4n) is 0.0809. The SMILES string of the molecule is CS(=O)(=O)[O][Mg][Cl]. The third-order valence-corrected chi connectivity index (χ3v) is 3.13. The van der Waals surface area contributed by atoms with E-state index in [2.05, 4.69) is 2.62 Å². The molecule has 0 aromatic rings. The van der Waals surface area contributed by atoms with E-state index in [0.29, 0.717) is 0 Å². The summed E-state index contributed by atoms with van der Waals surface area (Å²) in [6.07, 6.45) is 0.975. The van der Waals surface area contributed by atoms with Crippen molar-refractivity contribution < 1.29 is 11.0 Å². The summed E-state index contributed by atoms with van der Waals surface area (Å²) in [6, 6.07) is 0. The van der Waals surface area contributed by atoms with Crippen LogP contribution in [0.3, 0.4) is 0 Å². The van der Waals surface area contributed by atoms with Gasteiger partial charge >= 0.3 is 19.7 Å². The zero-order chi connectivity index (χ0) is 5.91. The molecule has 6 heteroatoms. The summed E-state index contributed by atoms with van der Waals surface area (Å²) in [4.78, 5) is 0. The molecular weight excluding hydrogens is 152 g/mol. The highest BCUT2D eigenvalue weighted by molar-refractivity contribution is 7.86. The molecule has 0 N–H and O–H groups in total. The molecule has 0 radical (unpaired) electrons. The first-order chi connectivity index (χ1) is 3.06. The molecule has 0 amide bonds. The molecule has 0 aliphatic heterocycles. The molecule has 0 aromatic carbocycles. The Hall–Kier alpha value is 0.966. The van der Waals surface area contributed by atoms with E-state index >= 15 is 0 Å². The average molecular weight is 155 g/mol. The van der Waals surface area contributed by atoms with Crippen LogP contribution in [0.1, 0.15) is 0 Å². The molecule has 3 nitrogen and oxygen atoms in total. The van der Waals surface area contributed by atoms with Crippen molar-refractivity contribution >= 4 is 38.9 Å². The van der Waals surface area contributed by atoms with Gasteiger partial charge in [-0.05, 0) is 0 Å². The third-order valence-electron chi connectivity index (χ3n) is 0.259. The number of rotatable bonds is 2. The molecule has 0 saturated heterocycles. The second-order valence-corrected chi connectivity index (χ2v) is 4.16. The standard InChI is InChI=1S/CH4O3S.ClH.Mg/c1-5(2,3)4;;/h1H3,(H,2,3,4);1H;/q;;+2/p-2. The molecule has 40 valence electrons. The van der Waals surface area contributed by atoms with Crippen molar-refractivity contribution in [1.82, 2.24) is 0 Å². The van der Waals surface area contributed by atoms with Crippen molar-refractivity contribution in [2.75, 3.05) is 6.26 Å². The maximum absolute atomic E-state index is 9.96. The first kappa shape index (κ1) is 7.97. The second-order valence-electron chi connectivity index (χ2n) is 0.931. The smallest absolute Gasteiger partial charge is 0.437 e. The lowest BCUT2D eigenvalue weighted by molar-refractivity contribution is 0.513. The van der Waals surface area contributed by atoms with Crippen LogP contribution in [-0.4, -0.2) is 34.3 Å². The van der Waals surface area contributed by atoms with Gasteiger partial charge in [-0.15, -0.1) is 0 Å². The Morgan fingerprint density at radius 2 is 2.14 bits per heavy atom. The van der Waals surface area contributed by atoms with Gasteiger partial charge in [0, 0.05) is 0 Å². The van der Waals surface area contributed by atoms with Gasteiger partial charge in [0.1, 0.15) is 0 Å². The highest BCUT2D eigenvalue weighted by Crippen LogP contribution is 1.83. The Morgan fingerprint density at radius 3 is 2.14 bits per heavy atom. The maximum Gasteiger partial charge on any atom is 0.716 e. The van der Waals surface area contributed by atoms with E-state index in [9.17, 15) is 8.42 Å². The molecule has 0 aromatic heterocycles. The molecule has 0 bridgehead atoms. The van der Waals surface area contributed by atoms with Gasteiger partial charge in [0.2, 0.25) is 10.1 Å². The van der Waals surface area contributed by atoms with Crippen molar-refractivity contribution in [3.63, 3.8) is 0 Å². The molecule has 0 spiro atoms. The Bertz CT molecular complexity index is 128. The van der Waals surface area contributed by atoms with Crippen LogP contribution in [-0.2, 0) is 12.7 Å². The maximum atomic E-state index is 9.96. The highest BCUT2D eigenvalue weighted by Gasteiger charge is 2.00. The molecule has 0 aliphatic carbocycles. The van der Waals surface area contributed by atoms with E-state index in [0.717, 1.165) is 6.26 Å². The summed E-state index contributed by atoms with van der Waals surface area (Å²) >= 11 is -1.31. The van der Waals surface area contributed by atoms with Crippen molar-refractivity contribution in [1.29, 1.82) is 0 Å². The van der Waals surface area contributed by atoms with Gasteiger partial charge in [-0.2, -0.15) is 0 Å². The topological polar surface area (TPSA) is 43.4 Å². The van der Waals surface area contributed by atoms with Gasteiger partial charge in [-0.1, -0.05) is 0 Å². The van der Waals surface area contributed by atoms with E-state index in [4.69, 9.17) is 9.07 Å². The number of hydrogen-bond donors (Lipinski definition) is 0. The zero-order valence-electron chi connectivity index (χ0n) is 3.72. The molecule has 7 heavy (non-hydrogen) atoms. The predicted octanol–water partition coefficient (Wildman–Crippen LogP) is -0.264. The number of halogens is 1. The van der Waals surface area contributed by atoms with Crippen LogP contribution in [0, 0.1) is 0 Å². The monoisotopic (exact) mass is 154 g/mol. The second kappa shape index (κ2) is 3.08. The van der Waals surface area contributed by atoms with E-state index in [1.165, 1.54) is 0 Å². The van der Waals surface area contributed by atoms with Crippen LogP contribution in [0.2, 0.25) is 0 Å².